The van der Waals surface area contributed by atoms with Crippen LogP contribution in [0.3, 0.4) is 0 Å². The smallest absolute Gasteiger partial charge is 0.270 e. The monoisotopic (exact) mass is 306 g/mol. The van der Waals surface area contributed by atoms with Crippen LogP contribution in [0, 0.1) is 10.1 Å². The van der Waals surface area contributed by atoms with E-state index >= 15 is 0 Å². The highest BCUT2D eigenvalue weighted by Crippen LogP contribution is 2.25. The van der Waals surface area contributed by atoms with Crippen LogP contribution in [0.5, 0.6) is 5.75 Å². The van der Waals surface area contributed by atoms with Gasteiger partial charge in [0.15, 0.2) is 0 Å². The van der Waals surface area contributed by atoms with Crippen LogP contribution in [0.1, 0.15) is 10.4 Å². The average Bonchev–Trinajstić information content (AvgIpc) is 2.48. The lowest BCUT2D eigenvalue weighted by Crippen LogP contribution is -2.13. The summed E-state index contributed by atoms with van der Waals surface area (Å²) in [7, 11) is 1.39. The maximum atomic E-state index is 12.2. The van der Waals surface area contributed by atoms with Crippen molar-refractivity contribution in [3.63, 3.8) is 0 Å². The van der Waals surface area contributed by atoms with Crippen molar-refractivity contribution >= 4 is 28.9 Å². The number of anilines is 1. The number of hydrogen-bond acceptors (Lipinski definition) is 4. The van der Waals surface area contributed by atoms with Crippen molar-refractivity contribution in [2.75, 3.05) is 12.4 Å². The molecule has 0 aromatic heterocycles. The molecule has 1 N–H and O–H groups in total. The molecule has 21 heavy (non-hydrogen) atoms. The first-order chi connectivity index (χ1) is 10.0. The van der Waals surface area contributed by atoms with Gasteiger partial charge in [0.1, 0.15) is 5.75 Å². The molecule has 0 aliphatic carbocycles. The lowest BCUT2D eigenvalue weighted by atomic mass is 10.1. The summed E-state index contributed by atoms with van der Waals surface area (Å²) in [5.74, 6) is -0.245. The van der Waals surface area contributed by atoms with Crippen LogP contribution in [0.25, 0.3) is 0 Å². The summed E-state index contributed by atoms with van der Waals surface area (Å²) in [6.07, 6.45) is 0. The summed E-state index contributed by atoms with van der Waals surface area (Å²) < 4.78 is 5.05. The standard InChI is InChI=1S/C14H11ClN2O4/c1-21-13-7-6-11(17(19)20)8-12(13)14(18)16-10-4-2-9(15)3-5-10/h2-8H,1H3,(H,16,18). The van der Waals surface area contributed by atoms with Crippen LogP contribution in [0.2, 0.25) is 5.02 Å². The Bertz CT molecular complexity index is 686. The van der Waals surface area contributed by atoms with Crippen molar-refractivity contribution in [3.05, 3.63) is 63.2 Å². The zero-order chi connectivity index (χ0) is 15.4. The normalized spacial score (nSPS) is 10.0. The topological polar surface area (TPSA) is 81.5 Å². The lowest BCUT2D eigenvalue weighted by molar-refractivity contribution is -0.384. The molecule has 2 aromatic rings. The van der Waals surface area contributed by atoms with Crippen LogP contribution in [-0.4, -0.2) is 17.9 Å². The number of ether oxygens (including phenoxy) is 1. The number of carbonyl (C=O) groups is 1. The van der Waals surface area contributed by atoms with E-state index < -0.39 is 10.8 Å². The Labute approximate surface area is 125 Å². The van der Waals surface area contributed by atoms with Gasteiger partial charge in [0.25, 0.3) is 11.6 Å². The SMILES string of the molecule is COc1ccc([N+](=O)[O-])cc1C(=O)Nc1ccc(Cl)cc1. The zero-order valence-electron chi connectivity index (χ0n) is 11.0. The molecule has 0 saturated carbocycles. The van der Waals surface area contributed by atoms with E-state index in [9.17, 15) is 14.9 Å². The highest BCUT2D eigenvalue weighted by Gasteiger charge is 2.17. The Morgan fingerprint density at radius 3 is 2.48 bits per heavy atom. The van der Waals surface area contributed by atoms with Gasteiger partial charge in [-0.25, -0.2) is 0 Å². The van der Waals surface area contributed by atoms with E-state index in [0.29, 0.717) is 10.7 Å². The summed E-state index contributed by atoms with van der Waals surface area (Å²) in [4.78, 5) is 22.4. The molecule has 0 bridgehead atoms. The van der Waals surface area contributed by atoms with Crippen molar-refractivity contribution in [2.45, 2.75) is 0 Å². The van der Waals surface area contributed by atoms with Crippen molar-refractivity contribution in [3.8, 4) is 5.75 Å². The second-order valence-corrected chi connectivity index (χ2v) is 4.54. The number of nitrogens with zero attached hydrogens (tertiary/aromatic N) is 1. The van der Waals surface area contributed by atoms with Crippen molar-refractivity contribution in [2.24, 2.45) is 0 Å². The van der Waals surface area contributed by atoms with Gasteiger partial charge in [0.05, 0.1) is 17.6 Å². The van der Waals surface area contributed by atoms with Crippen molar-refractivity contribution < 1.29 is 14.5 Å². The lowest BCUT2D eigenvalue weighted by Gasteiger charge is -2.09. The average molecular weight is 307 g/mol. The van der Waals surface area contributed by atoms with Crippen LogP contribution in [0.15, 0.2) is 42.5 Å². The molecule has 0 saturated heterocycles. The van der Waals surface area contributed by atoms with E-state index in [4.69, 9.17) is 16.3 Å². The predicted octanol–water partition coefficient (Wildman–Crippen LogP) is 3.51. The molecule has 6 nitrogen and oxygen atoms in total. The van der Waals surface area contributed by atoms with E-state index in [2.05, 4.69) is 5.32 Å². The van der Waals surface area contributed by atoms with Gasteiger partial charge < -0.3 is 10.1 Å². The summed E-state index contributed by atoms with van der Waals surface area (Å²) in [6, 6.07) is 10.3. The van der Waals surface area contributed by atoms with Gasteiger partial charge in [-0.15, -0.1) is 0 Å². The van der Waals surface area contributed by atoms with Gasteiger partial charge in [-0.3, -0.25) is 14.9 Å². The third kappa shape index (κ3) is 3.49. The van der Waals surface area contributed by atoms with Gasteiger partial charge >= 0.3 is 0 Å². The molecule has 0 spiro atoms. The Kier molecular flexibility index (Phi) is 4.39. The van der Waals surface area contributed by atoms with Crippen LogP contribution >= 0.6 is 11.6 Å². The molecule has 0 fully saturated rings. The molecule has 108 valence electrons. The summed E-state index contributed by atoms with van der Waals surface area (Å²) in [6.45, 7) is 0. The number of benzene rings is 2. The number of amides is 1. The molecule has 0 aliphatic rings. The summed E-state index contributed by atoms with van der Waals surface area (Å²) >= 11 is 5.76. The summed E-state index contributed by atoms with van der Waals surface area (Å²) in [5.41, 5.74) is 0.427. The Morgan fingerprint density at radius 2 is 1.90 bits per heavy atom. The molecule has 2 aromatic carbocycles. The highest BCUT2D eigenvalue weighted by atomic mass is 35.5. The quantitative estimate of drug-likeness (QED) is 0.692. The maximum absolute atomic E-state index is 12.2. The van der Waals surface area contributed by atoms with Crippen molar-refractivity contribution in [1.82, 2.24) is 0 Å². The van der Waals surface area contributed by atoms with Crippen LogP contribution in [0.4, 0.5) is 11.4 Å². The van der Waals surface area contributed by atoms with Gasteiger partial charge in [0, 0.05) is 22.8 Å². The second-order valence-electron chi connectivity index (χ2n) is 4.10. The molecular weight excluding hydrogens is 296 g/mol. The van der Waals surface area contributed by atoms with Crippen molar-refractivity contribution in [1.29, 1.82) is 0 Å². The summed E-state index contributed by atoms with van der Waals surface area (Å²) in [5, 5.41) is 14.0. The molecule has 0 radical (unpaired) electrons. The first kappa shape index (κ1) is 14.8. The third-order valence-electron chi connectivity index (χ3n) is 2.74. The number of nitrogens with one attached hydrogen (secondary N) is 1. The molecule has 0 unspecified atom stereocenters. The number of methoxy groups -OCH3 is 1. The third-order valence-corrected chi connectivity index (χ3v) is 2.99. The first-order valence-corrected chi connectivity index (χ1v) is 6.28. The highest BCUT2D eigenvalue weighted by molar-refractivity contribution is 6.30. The van der Waals surface area contributed by atoms with E-state index in [0.717, 1.165) is 0 Å². The number of hydrogen-bond donors (Lipinski definition) is 1. The maximum Gasteiger partial charge on any atom is 0.270 e. The number of rotatable bonds is 4. The van der Waals surface area contributed by atoms with Gasteiger partial charge in [-0.1, -0.05) is 11.6 Å². The molecule has 0 atom stereocenters. The van der Waals surface area contributed by atoms with Gasteiger partial charge in [-0.2, -0.15) is 0 Å². The minimum Gasteiger partial charge on any atom is -0.496 e. The van der Waals surface area contributed by atoms with E-state index in [-0.39, 0.29) is 17.0 Å². The Hall–Kier alpha value is -2.60. The largest absolute Gasteiger partial charge is 0.496 e. The molecule has 0 heterocycles. The number of non-ortho nitro benzene ring substituents is 1. The number of halogens is 1. The molecule has 1 amide bonds. The van der Waals surface area contributed by atoms with Gasteiger partial charge in [0.2, 0.25) is 0 Å². The Morgan fingerprint density at radius 1 is 1.24 bits per heavy atom. The fourth-order valence-electron chi connectivity index (χ4n) is 1.72. The fraction of sp³-hybridized carbons (Fsp3) is 0.0714. The Balaban J connectivity index is 2.30. The molecule has 0 aliphatic heterocycles. The van der Waals surface area contributed by atoms with Gasteiger partial charge in [-0.05, 0) is 30.3 Å². The van der Waals surface area contributed by atoms with Crippen LogP contribution < -0.4 is 10.1 Å². The van der Waals surface area contributed by atoms with E-state index in [1.165, 1.54) is 25.3 Å². The number of nitro groups is 1. The zero-order valence-corrected chi connectivity index (χ0v) is 11.8. The minimum atomic E-state index is -0.571. The van der Waals surface area contributed by atoms with E-state index in [1.807, 2.05) is 0 Å². The molecular formula is C14H11ClN2O4. The molecule has 7 heteroatoms. The first-order valence-electron chi connectivity index (χ1n) is 5.90. The molecule has 2 rings (SSSR count). The minimum absolute atomic E-state index is 0.0849. The number of nitro benzene ring substituents is 1. The second kappa shape index (κ2) is 6.23. The van der Waals surface area contributed by atoms with Crippen LogP contribution in [-0.2, 0) is 0 Å². The predicted molar refractivity (Wildman–Crippen MR) is 79.1 cm³/mol. The number of carbonyl (C=O) groups excluding carboxylic acids is 1. The van der Waals surface area contributed by atoms with E-state index in [1.54, 1.807) is 24.3 Å². The fourth-order valence-corrected chi connectivity index (χ4v) is 1.84.